The number of benzene rings is 1. The van der Waals surface area contributed by atoms with Gasteiger partial charge < -0.3 is 10.1 Å². The van der Waals surface area contributed by atoms with E-state index in [1.165, 1.54) is 27.6 Å². The van der Waals surface area contributed by atoms with Gasteiger partial charge in [0.1, 0.15) is 17.3 Å². The lowest BCUT2D eigenvalue weighted by atomic mass is 10.1. The fourth-order valence-corrected chi connectivity index (χ4v) is 4.86. The number of hydrogen-bond donors (Lipinski definition) is 1. The van der Waals surface area contributed by atoms with Crippen LogP contribution in [0.5, 0.6) is 5.75 Å². The van der Waals surface area contributed by atoms with E-state index in [2.05, 4.69) is 15.3 Å². The fourth-order valence-electron chi connectivity index (χ4n) is 3.51. The second kappa shape index (κ2) is 9.08. The Kier molecular flexibility index (Phi) is 5.84. The molecule has 166 valence electrons. The quantitative estimate of drug-likeness (QED) is 0.440. The molecule has 10 heteroatoms. The van der Waals surface area contributed by atoms with Crippen LogP contribution in [0, 0.1) is 0 Å². The van der Waals surface area contributed by atoms with Crippen molar-refractivity contribution in [1.29, 1.82) is 0 Å². The molecule has 1 unspecified atom stereocenters. The van der Waals surface area contributed by atoms with Crippen LogP contribution in [0.15, 0.2) is 59.6 Å². The Morgan fingerprint density at radius 1 is 1.15 bits per heavy atom. The van der Waals surface area contributed by atoms with Crippen LogP contribution in [0.1, 0.15) is 13.3 Å². The van der Waals surface area contributed by atoms with Gasteiger partial charge in [-0.2, -0.15) is 0 Å². The van der Waals surface area contributed by atoms with Crippen LogP contribution < -0.4 is 15.0 Å². The average molecular weight is 478 g/mol. The number of hydrogen-bond acceptors (Lipinski definition) is 8. The Morgan fingerprint density at radius 3 is 2.82 bits per heavy atom. The van der Waals surface area contributed by atoms with Crippen molar-refractivity contribution >= 4 is 45.3 Å². The molecule has 0 aliphatic carbocycles. The molecule has 4 aromatic rings. The molecule has 0 saturated carbocycles. The summed E-state index contributed by atoms with van der Waals surface area (Å²) in [6, 6.07) is 11.3. The van der Waals surface area contributed by atoms with Crippen molar-refractivity contribution in [2.75, 3.05) is 16.8 Å². The fraction of sp³-hybridized carbons (Fsp3) is 0.174. The minimum Gasteiger partial charge on any atom is -0.478 e. The Labute approximate surface area is 197 Å². The zero-order valence-corrected chi connectivity index (χ0v) is 19.2. The molecular weight excluding hydrogens is 458 g/mol. The van der Waals surface area contributed by atoms with Crippen LogP contribution in [0.4, 0.5) is 10.8 Å². The molecule has 33 heavy (non-hydrogen) atoms. The number of rotatable bonds is 6. The summed E-state index contributed by atoms with van der Waals surface area (Å²) >= 11 is 2.82. The van der Waals surface area contributed by atoms with Gasteiger partial charge in [0.05, 0.1) is 17.1 Å². The van der Waals surface area contributed by atoms with Gasteiger partial charge in [-0.25, -0.2) is 9.97 Å². The van der Waals surface area contributed by atoms with Crippen molar-refractivity contribution in [3.8, 4) is 27.7 Å². The molecule has 3 aromatic heterocycles. The average Bonchev–Trinajstić information content (AvgIpc) is 3.53. The summed E-state index contributed by atoms with van der Waals surface area (Å²) in [6.07, 6.45) is 3.22. The number of anilines is 2. The Balaban J connectivity index is 1.46. The third-order valence-electron chi connectivity index (χ3n) is 5.10. The van der Waals surface area contributed by atoms with Crippen molar-refractivity contribution in [2.45, 2.75) is 19.4 Å². The first-order chi connectivity index (χ1) is 16.1. The van der Waals surface area contributed by atoms with Crippen molar-refractivity contribution < 1.29 is 14.3 Å². The lowest BCUT2D eigenvalue weighted by Gasteiger charge is -2.33. The summed E-state index contributed by atoms with van der Waals surface area (Å²) in [5.41, 5.74) is 2.94. The van der Waals surface area contributed by atoms with E-state index in [9.17, 15) is 9.59 Å². The Bertz CT molecular complexity index is 1290. The molecule has 8 nitrogen and oxygen atoms in total. The van der Waals surface area contributed by atoms with Gasteiger partial charge >= 0.3 is 0 Å². The number of aromatic nitrogens is 3. The third-order valence-corrected chi connectivity index (χ3v) is 6.65. The molecule has 0 fully saturated rings. The smallest absolute Gasteiger partial charge is 0.268 e. The molecule has 0 radical (unpaired) electrons. The van der Waals surface area contributed by atoms with Crippen LogP contribution in [0.3, 0.4) is 0 Å². The van der Waals surface area contributed by atoms with Gasteiger partial charge in [-0.15, -0.1) is 22.7 Å². The molecule has 5 rings (SSSR count). The first kappa shape index (κ1) is 21.2. The number of nitrogens with zero attached hydrogens (tertiary/aromatic N) is 4. The molecule has 0 bridgehead atoms. The maximum Gasteiger partial charge on any atom is 0.268 e. The third kappa shape index (κ3) is 4.35. The number of carbonyl (C=O) groups excluding carboxylic acids is 2. The van der Waals surface area contributed by atoms with Crippen molar-refractivity contribution in [3.63, 3.8) is 0 Å². The zero-order valence-electron chi connectivity index (χ0n) is 17.6. The Hall–Kier alpha value is -3.63. The van der Waals surface area contributed by atoms with E-state index < -0.39 is 6.10 Å². The van der Waals surface area contributed by atoms with E-state index in [0.717, 1.165) is 22.0 Å². The number of nitrogens with one attached hydrogen (secondary N) is 1. The number of carbonyl (C=O) groups is 2. The maximum atomic E-state index is 13.1. The van der Waals surface area contributed by atoms with E-state index in [0.29, 0.717) is 23.0 Å². The number of fused-ring (bicyclic) bond motifs is 1. The first-order valence-electron chi connectivity index (χ1n) is 10.3. The van der Waals surface area contributed by atoms with Crippen molar-refractivity contribution in [3.05, 3.63) is 59.6 Å². The summed E-state index contributed by atoms with van der Waals surface area (Å²) < 4.78 is 5.92. The highest BCUT2D eigenvalue weighted by molar-refractivity contribution is 7.14. The normalized spacial score (nSPS) is 15.1. The monoisotopic (exact) mass is 477 g/mol. The lowest BCUT2D eigenvalue weighted by Crippen LogP contribution is -2.48. The van der Waals surface area contributed by atoms with Crippen LogP contribution >= 0.6 is 22.7 Å². The van der Waals surface area contributed by atoms with Crippen molar-refractivity contribution in [2.24, 2.45) is 0 Å². The molecule has 1 N–H and O–H groups in total. The minimum atomic E-state index is -0.633. The SMILES string of the molecule is CCC1Oc2ccc(-c3csc(-c4ccccn4)n3)cc2N(CC(=O)Nc2nccs2)C1=O. The van der Waals surface area contributed by atoms with Crippen molar-refractivity contribution in [1.82, 2.24) is 15.0 Å². The molecule has 1 aliphatic heterocycles. The van der Waals surface area contributed by atoms with Gasteiger partial charge in [0.15, 0.2) is 11.2 Å². The lowest BCUT2D eigenvalue weighted by molar-refractivity contribution is -0.128. The topological polar surface area (TPSA) is 97.3 Å². The van der Waals surface area contributed by atoms with Crippen LogP contribution in [-0.2, 0) is 9.59 Å². The highest BCUT2D eigenvalue weighted by Gasteiger charge is 2.35. The van der Waals surface area contributed by atoms with E-state index in [1.54, 1.807) is 17.8 Å². The predicted octanol–water partition coefficient (Wildman–Crippen LogP) is 4.47. The Morgan fingerprint density at radius 2 is 2.06 bits per heavy atom. The highest BCUT2D eigenvalue weighted by atomic mass is 32.1. The summed E-state index contributed by atoms with van der Waals surface area (Å²) in [4.78, 5) is 40.3. The molecular formula is C23H19N5O3S2. The summed E-state index contributed by atoms with van der Waals surface area (Å²) in [7, 11) is 0. The van der Waals surface area contributed by atoms with Gasteiger partial charge in [0.2, 0.25) is 5.91 Å². The number of pyridine rings is 1. The largest absolute Gasteiger partial charge is 0.478 e. The number of thiazole rings is 2. The van der Waals surface area contributed by atoms with Crippen LogP contribution in [0.25, 0.3) is 22.0 Å². The van der Waals surface area contributed by atoms with E-state index in [1.807, 2.05) is 48.7 Å². The molecule has 2 amide bonds. The molecule has 1 atom stereocenters. The van der Waals surface area contributed by atoms with Gasteiger partial charge in [-0.1, -0.05) is 13.0 Å². The molecule has 1 aliphatic rings. The van der Waals surface area contributed by atoms with Gasteiger partial charge in [0.25, 0.3) is 5.91 Å². The first-order valence-corrected chi connectivity index (χ1v) is 12.1. The molecule has 0 spiro atoms. The second-order valence-corrected chi connectivity index (χ2v) is 9.01. The predicted molar refractivity (Wildman–Crippen MR) is 129 cm³/mol. The van der Waals surface area contributed by atoms with E-state index in [4.69, 9.17) is 9.72 Å². The molecule has 0 saturated heterocycles. The highest BCUT2D eigenvalue weighted by Crippen LogP contribution is 2.39. The van der Waals surface area contributed by atoms with Gasteiger partial charge in [-0.05, 0) is 36.8 Å². The van der Waals surface area contributed by atoms with Crippen LogP contribution in [-0.4, -0.2) is 39.4 Å². The standard InChI is InChI=1S/C23H19N5O3S2/c1-2-18-22(30)28(12-20(29)27-23-25-9-10-32-23)17-11-14(6-7-19(17)31-18)16-13-33-21(26-16)15-5-3-4-8-24-15/h3-11,13,18H,2,12H2,1H3,(H,25,27,29). The number of amides is 2. The minimum absolute atomic E-state index is 0.134. The molecule has 1 aromatic carbocycles. The van der Waals surface area contributed by atoms with Crippen LogP contribution in [0.2, 0.25) is 0 Å². The zero-order chi connectivity index (χ0) is 22.8. The van der Waals surface area contributed by atoms with Gasteiger partial charge in [0, 0.05) is 28.7 Å². The van der Waals surface area contributed by atoms with E-state index in [-0.39, 0.29) is 18.4 Å². The number of ether oxygens (including phenoxy) is 1. The maximum absolute atomic E-state index is 13.1. The summed E-state index contributed by atoms with van der Waals surface area (Å²) in [5.74, 6) is -0.00572. The summed E-state index contributed by atoms with van der Waals surface area (Å²) in [6.45, 7) is 1.75. The van der Waals surface area contributed by atoms with E-state index >= 15 is 0 Å². The van der Waals surface area contributed by atoms with Gasteiger partial charge in [-0.3, -0.25) is 19.5 Å². The second-order valence-electron chi connectivity index (χ2n) is 7.26. The summed E-state index contributed by atoms with van der Waals surface area (Å²) in [5, 5.41) is 7.76. The molecule has 4 heterocycles.